The molecule has 1 aromatic rings. The lowest BCUT2D eigenvalue weighted by Crippen LogP contribution is -2.05. The lowest BCUT2D eigenvalue weighted by molar-refractivity contribution is -0.114. The molecule has 0 saturated carbocycles. The van der Waals surface area contributed by atoms with Gasteiger partial charge >= 0.3 is 0 Å². The van der Waals surface area contributed by atoms with E-state index < -0.39 is 0 Å². The average Bonchev–Trinajstić information content (AvgIpc) is 2.15. The van der Waals surface area contributed by atoms with Crippen LogP contribution in [0.25, 0.3) is 0 Å². The molecule has 82 valence electrons. The monoisotopic (exact) mass is 227 g/mol. The molecule has 0 saturated heterocycles. The Labute approximate surface area is 94.4 Å². The van der Waals surface area contributed by atoms with Crippen LogP contribution in [0.1, 0.15) is 20.3 Å². The zero-order valence-electron chi connectivity index (χ0n) is 8.84. The second-order valence-electron chi connectivity index (χ2n) is 3.17. The molecule has 0 fully saturated rings. The van der Waals surface area contributed by atoms with E-state index in [1.165, 1.54) is 6.92 Å². The van der Waals surface area contributed by atoms with Crippen LogP contribution in [0.2, 0.25) is 5.02 Å². The molecule has 0 aliphatic rings. The first-order chi connectivity index (χ1) is 7.13. The molecule has 1 rings (SSSR count). The fourth-order valence-electron chi connectivity index (χ4n) is 1.11. The number of hydrogen-bond acceptors (Lipinski definition) is 2. The summed E-state index contributed by atoms with van der Waals surface area (Å²) in [7, 11) is 0. The molecule has 3 nitrogen and oxygen atoms in total. The fourth-order valence-corrected chi connectivity index (χ4v) is 1.35. The molecule has 0 aliphatic carbocycles. The topological polar surface area (TPSA) is 38.3 Å². The second kappa shape index (κ2) is 5.61. The summed E-state index contributed by atoms with van der Waals surface area (Å²) >= 11 is 5.97. The van der Waals surface area contributed by atoms with E-state index in [-0.39, 0.29) is 5.91 Å². The number of carbonyl (C=O) groups excluding carboxylic acids is 1. The van der Waals surface area contributed by atoms with Crippen molar-refractivity contribution >= 4 is 23.2 Å². The number of ether oxygens (including phenoxy) is 1. The molecule has 4 heteroatoms. The molecular formula is C11H14ClNO2. The molecule has 0 heterocycles. The van der Waals surface area contributed by atoms with Crippen LogP contribution in [-0.2, 0) is 4.79 Å². The van der Waals surface area contributed by atoms with E-state index in [0.29, 0.717) is 23.1 Å². The van der Waals surface area contributed by atoms with Crippen molar-refractivity contribution in [1.29, 1.82) is 0 Å². The summed E-state index contributed by atoms with van der Waals surface area (Å²) in [6.45, 7) is 4.12. The summed E-state index contributed by atoms with van der Waals surface area (Å²) in [5.41, 5.74) is 0.677. The van der Waals surface area contributed by atoms with E-state index in [0.717, 1.165) is 6.42 Å². The number of carbonyl (C=O) groups is 1. The molecule has 0 atom stereocenters. The van der Waals surface area contributed by atoms with E-state index in [4.69, 9.17) is 16.3 Å². The van der Waals surface area contributed by atoms with Crippen molar-refractivity contribution < 1.29 is 9.53 Å². The minimum Gasteiger partial charge on any atom is -0.492 e. The summed E-state index contributed by atoms with van der Waals surface area (Å²) in [5, 5.41) is 3.16. The van der Waals surface area contributed by atoms with Crippen LogP contribution < -0.4 is 10.1 Å². The van der Waals surface area contributed by atoms with E-state index in [9.17, 15) is 4.79 Å². The summed E-state index contributed by atoms with van der Waals surface area (Å²) in [5.74, 6) is 0.529. The highest BCUT2D eigenvalue weighted by Crippen LogP contribution is 2.27. The Bertz CT molecular complexity index is 352. The van der Waals surface area contributed by atoms with Gasteiger partial charge in [-0.25, -0.2) is 0 Å². The Morgan fingerprint density at radius 2 is 2.27 bits per heavy atom. The summed E-state index contributed by atoms with van der Waals surface area (Å²) in [6, 6.07) is 5.19. The zero-order valence-corrected chi connectivity index (χ0v) is 9.60. The Morgan fingerprint density at radius 3 is 2.80 bits per heavy atom. The smallest absolute Gasteiger partial charge is 0.221 e. The van der Waals surface area contributed by atoms with E-state index in [1.54, 1.807) is 18.2 Å². The van der Waals surface area contributed by atoms with Crippen LogP contribution in [0, 0.1) is 0 Å². The van der Waals surface area contributed by atoms with Crippen LogP contribution in [0.4, 0.5) is 5.69 Å². The third kappa shape index (κ3) is 3.80. The first-order valence-corrected chi connectivity index (χ1v) is 5.21. The van der Waals surface area contributed by atoms with Gasteiger partial charge in [0.05, 0.1) is 11.6 Å². The number of halogens is 1. The lowest BCUT2D eigenvalue weighted by Gasteiger charge is -2.08. The molecule has 0 unspecified atom stereocenters. The third-order valence-electron chi connectivity index (χ3n) is 1.71. The maximum Gasteiger partial charge on any atom is 0.221 e. The van der Waals surface area contributed by atoms with Crippen molar-refractivity contribution in [2.24, 2.45) is 0 Å². The zero-order chi connectivity index (χ0) is 11.3. The highest BCUT2D eigenvalue weighted by atomic mass is 35.5. The first-order valence-electron chi connectivity index (χ1n) is 4.83. The Morgan fingerprint density at radius 1 is 1.53 bits per heavy atom. The predicted octanol–water partition coefficient (Wildman–Crippen LogP) is 3.09. The van der Waals surface area contributed by atoms with Crippen molar-refractivity contribution in [2.75, 3.05) is 11.9 Å². The maximum atomic E-state index is 10.8. The second-order valence-corrected chi connectivity index (χ2v) is 3.58. The van der Waals surface area contributed by atoms with Gasteiger partial charge in [0, 0.05) is 12.6 Å². The number of nitrogens with one attached hydrogen (secondary N) is 1. The normalized spacial score (nSPS) is 9.80. The molecule has 1 amide bonds. The quantitative estimate of drug-likeness (QED) is 0.859. The van der Waals surface area contributed by atoms with Gasteiger partial charge in [-0.05, 0) is 24.6 Å². The molecule has 0 spiro atoms. The van der Waals surface area contributed by atoms with Crippen LogP contribution in [0.3, 0.4) is 0 Å². The van der Waals surface area contributed by atoms with E-state index >= 15 is 0 Å². The Balaban J connectivity index is 2.74. The van der Waals surface area contributed by atoms with Crippen LogP contribution >= 0.6 is 11.6 Å². The molecule has 1 N–H and O–H groups in total. The van der Waals surface area contributed by atoms with Gasteiger partial charge in [-0.3, -0.25) is 4.79 Å². The van der Waals surface area contributed by atoms with Gasteiger partial charge in [-0.15, -0.1) is 0 Å². The molecule has 0 radical (unpaired) electrons. The van der Waals surface area contributed by atoms with Gasteiger partial charge in [-0.2, -0.15) is 0 Å². The maximum absolute atomic E-state index is 10.8. The van der Waals surface area contributed by atoms with Crippen LogP contribution in [0.15, 0.2) is 18.2 Å². The summed E-state index contributed by atoms with van der Waals surface area (Å²) in [4.78, 5) is 10.8. The molecule has 0 aliphatic heterocycles. The number of benzene rings is 1. The van der Waals surface area contributed by atoms with E-state index in [1.807, 2.05) is 6.92 Å². The molecule has 15 heavy (non-hydrogen) atoms. The van der Waals surface area contributed by atoms with Gasteiger partial charge < -0.3 is 10.1 Å². The highest BCUT2D eigenvalue weighted by Gasteiger charge is 2.03. The number of rotatable bonds is 4. The SMILES string of the molecule is CCCOc1ccc(NC(C)=O)cc1Cl. The van der Waals surface area contributed by atoms with Crippen molar-refractivity contribution in [1.82, 2.24) is 0 Å². The van der Waals surface area contributed by atoms with Gasteiger partial charge in [0.2, 0.25) is 5.91 Å². The largest absolute Gasteiger partial charge is 0.492 e. The first kappa shape index (κ1) is 11.9. The minimum atomic E-state index is -0.117. The van der Waals surface area contributed by atoms with Gasteiger partial charge in [0.1, 0.15) is 5.75 Å². The van der Waals surface area contributed by atoms with Crippen LogP contribution in [-0.4, -0.2) is 12.5 Å². The summed E-state index contributed by atoms with van der Waals surface area (Å²) < 4.78 is 5.40. The third-order valence-corrected chi connectivity index (χ3v) is 2.01. The Kier molecular flexibility index (Phi) is 4.43. The standard InChI is InChI=1S/C11H14ClNO2/c1-3-6-15-11-5-4-9(7-10(11)12)13-8(2)14/h4-5,7H,3,6H2,1-2H3,(H,13,14). The molecular weight excluding hydrogens is 214 g/mol. The van der Waals surface area contributed by atoms with Gasteiger partial charge in [-0.1, -0.05) is 18.5 Å². The van der Waals surface area contributed by atoms with E-state index in [2.05, 4.69) is 5.32 Å². The number of hydrogen-bond donors (Lipinski definition) is 1. The van der Waals surface area contributed by atoms with Crippen molar-refractivity contribution in [3.8, 4) is 5.75 Å². The molecule has 1 aromatic carbocycles. The lowest BCUT2D eigenvalue weighted by atomic mass is 10.3. The fraction of sp³-hybridized carbons (Fsp3) is 0.364. The summed E-state index contributed by atoms with van der Waals surface area (Å²) in [6.07, 6.45) is 0.934. The molecule has 0 aromatic heterocycles. The molecule has 0 bridgehead atoms. The van der Waals surface area contributed by atoms with Crippen molar-refractivity contribution in [3.63, 3.8) is 0 Å². The van der Waals surface area contributed by atoms with Crippen molar-refractivity contribution in [3.05, 3.63) is 23.2 Å². The number of amides is 1. The van der Waals surface area contributed by atoms with Crippen molar-refractivity contribution in [2.45, 2.75) is 20.3 Å². The minimum absolute atomic E-state index is 0.117. The Hall–Kier alpha value is -1.22. The van der Waals surface area contributed by atoms with Crippen LogP contribution in [0.5, 0.6) is 5.75 Å². The predicted molar refractivity (Wildman–Crippen MR) is 61.5 cm³/mol. The highest BCUT2D eigenvalue weighted by molar-refractivity contribution is 6.32. The number of anilines is 1. The average molecular weight is 228 g/mol. The van der Waals surface area contributed by atoms with Gasteiger partial charge in [0.15, 0.2) is 0 Å². The van der Waals surface area contributed by atoms with Gasteiger partial charge in [0.25, 0.3) is 0 Å².